The zero-order valence-corrected chi connectivity index (χ0v) is 18.3. The maximum atomic E-state index is 13.4. The van der Waals surface area contributed by atoms with Crippen LogP contribution < -0.4 is 26.6 Å². The lowest BCUT2D eigenvalue weighted by Crippen LogP contribution is -2.41. The van der Waals surface area contributed by atoms with Crippen LogP contribution in [0.4, 0.5) is 11.5 Å². The number of H-pyrrole nitrogens is 1. The van der Waals surface area contributed by atoms with Crippen LogP contribution in [-0.4, -0.2) is 29.1 Å². The topological polar surface area (TPSA) is 110 Å². The number of hydrogen-bond acceptors (Lipinski definition) is 5. The Labute approximate surface area is 176 Å². The summed E-state index contributed by atoms with van der Waals surface area (Å²) in [5, 5.41) is 0. The SMILES string of the molecule is CCCCCN(C(=O)c1ccc(C)c(OC)c1)c1c(N)n(CCCC)c(=O)[nH]c1=O. The van der Waals surface area contributed by atoms with Crippen LogP contribution in [0.1, 0.15) is 61.9 Å². The summed E-state index contributed by atoms with van der Waals surface area (Å²) in [6.45, 7) is 6.64. The van der Waals surface area contributed by atoms with Gasteiger partial charge < -0.3 is 15.4 Å². The van der Waals surface area contributed by atoms with Crippen LogP contribution in [0.3, 0.4) is 0 Å². The maximum Gasteiger partial charge on any atom is 0.330 e. The fourth-order valence-corrected chi connectivity index (χ4v) is 3.32. The van der Waals surface area contributed by atoms with Crippen LogP contribution in [-0.2, 0) is 6.54 Å². The number of nitrogens with zero attached hydrogens (tertiary/aromatic N) is 2. The molecule has 1 aromatic carbocycles. The number of benzene rings is 1. The minimum absolute atomic E-state index is 0.0149. The van der Waals surface area contributed by atoms with Gasteiger partial charge in [0, 0.05) is 18.7 Å². The molecular weight excluding hydrogens is 384 g/mol. The van der Waals surface area contributed by atoms with Crippen molar-refractivity contribution >= 4 is 17.4 Å². The maximum absolute atomic E-state index is 13.4. The fourth-order valence-electron chi connectivity index (χ4n) is 3.32. The molecular formula is C22H32N4O4. The van der Waals surface area contributed by atoms with E-state index < -0.39 is 11.2 Å². The zero-order valence-electron chi connectivity index (χ0n) is 18.3. The molecule has 0 fully saturated rings. The summed E-state index contributed by atoms with van der Waals surface area (Å²) < 4.78 is 6.67. The van der Waals surface area contributed by atoms with Crippen molar-refractivity contribution in [3.8, 4) is 5.75 Å². The van der Waals surface area contributed by atoms with Gasteiger partial charge in [-0.1, -0.05) is 39.2 Å². The van der Waals surface area contributed by atoms with Crippen molar-refractivity contribution in [2.75, 3.05) is 24.3 Å². The molecule has 0 aliphatic heterocycles. The molecule has 8 heteroatoms. The molecule has 0 spiro atoms. The first-order chi connectivity index (χ1) is 14.3. The molecule has 3 N–H and O–H groups in total. The van der Waals surface area contributed by atoms with Crippen LogP contribution in [0.2, 0.25) is 0 Å². The molecule has 0 aliphatic carbocycles. The predicted molar refractivity (Wildman–Crippen MR) is 120 cm³/mol. The van der Waals surface area contributed by atoms with Gasteiger partial charge in [0.25, 0.3) is 11.5 Å². The first-order valence-electron chi connectivity index (χ1n) is 10.4. The van der Waals surface area contributed by atoms with Crippen molar-refractivity contribution in [2.45, 2.75) is 59.4 Å². The van der Waals surface area contributed by atoms with Gasteiger partial charge in [-0.15, -0.1) is 0 Å². The number of aromatic amines is 1. The van der Waals surface area contributed by atoms with E-state index in [-0.39, 0.29) is 17.4 Å². The summed E-state index contributed by atoms with van der Waals surface area (Å²) in [6.07, 6.45) is 4.16. The average molecular weight is 417 g/mol. The highest BCUT2D eigenvalue weighted by Gasteiger charge is 2.25. The first kappa shape index (κ1) is 23.3. The number of amides is 1. The normalized spacial score (nSPS) is 10.8. The Hall–Kier alpha value is -3.03. The van der Waals surface area contributed by atoms with Crippen LogP contribution in [0.15, 0.2) is 27.8 Å². The smallest absolute Gasteiger partial charge is 0.330 e. The lowest BCUT2D eigenvalue weighted by molar-refractivity contribution is 0.0985. The molecule has 0 aliphatic rings. The molecule has 0 atom stereocenters. The average Bonchev–Trinajstić information content (AvgIpc) is 2.72. The molecule has 8 nitrogen and oxygen atoms in total. The number of rotatable bonds is 10. The molecule has 0 bridgehead atoms. The van der Waals surface area contributed by atoms with Gasteiger partial charge in [0.2, 0.25) is 0 Å². The van der Waals surface area contributed by atoms with Crippen LogP contribution in [0, 0.1) is 6.92 Å². The molecule has 164 valence electrons. The Morgan fingerprint density at radius 1 is 1.17 bits per heavy atom. The van der Waals surface area contributed by atoms with Crippen molar-refractivity contribution in [3.05, 3.63) is 50.2 Å². The van der Waals surface area contributed by atoms with Gasteiger partial charge in [0.1, 0.15) is 11.6 Å². The molecule has 0 radical (unpaired) electrons. The van der Waals surface area contributed by atoms with Crippen molar-refractivity contribution in [1.29, 1.82) is 0 Å². The second-order valence-corrected chi connectivity index (χ2v) is 7.35. The number of methoxy groups -OCH3 is 1. The van der Waals surface area contributed by atoms with E-state index in [4.69, 9.17) is 10.5 Å². The summed E-state index contributed by atoms with van der Waals surface area (Å²) in [5.74, 6) is 0.243. The van der Waals surface area contributed by atoms with Crippen molar-refractivity contribution in [2.24, 2.45) is 0 Å². The van der Waals surface area contributed by atoms with Gasteiger partial charge in [-0.25, -0.2) is 4.79 Å². The number of aromatic nitrogens is 2. The Balaban J connectivity index is 2.58. The fraction of sp³-hybridized carbons (Fsp3) is 0.500. The Bertz CT molecular complexity index is 994. The summed E-state index contributed by atoms with van der Waals surface area (Å²) >= 11 is 0. The minimum Gasteiger partial charge on any atom is -0.496 e. The van der Waals surface area contributed by atoms with Gasteiger partial charge in [-0.05, 0) is 37.5 Å². The van der Waals surface area contributed by atoms with E-state index in [1.807, 2.05) is 13.8 Å². The second-order valence-electron chi connectivity index (χ2n) is 7.35. The Morgan fingerprint density at radius 2 is 1.87 bits per heavy atom. The third-order valence-electron chi connectivity index (χ3n) is 5.10. The lowest BCUT2D eigenvalue weighted by atomic mass is 10.1. The number of ether oxygens (including phenoxy) is 1. The Morgan fingerprint density at radius 3 is 2.50 bits per heavy atom. The van der Waals surface area contributed by atoms with Crippen molar-refractivity contribution < 1.29 is 9.53 Å². The molecule has 0 unspecified atom stereocenters. The molecule has 30 heavy (non-hydrogen) atoms. The highest BCUT2D eigenvalue weighted by Crippen LogP contribution is 2.24. The number of carbonyl (C=O) groups is 1. The quantitative estimate of drug-likeness (QED) is 0.578. The Kier molecular flexibility index (Phi) is 8.26. The number of aryl methyl sites for hydroxylation is 1. The third kappa shape index (κ3) is 5.11. The number of unbranched alkanes of at least 4 members (excludes halogenated alkanes) is 3. The van der Waals surface area contributed by atoms with Gasteiger partial charge in [-0.3, -0.25) is 19.1 Å². The summed E-state index contributed by atoms with van der Waals surface area (Å²) in [5.41, 5.74) is 6.34. The number of carbonyl (C=O) groups excluding carboxylic acids is 1. The zero-order chi connectivity index (χ0) is 22.3. The monoisotopic (exact) mass is 416 g/mol. The lowest BCUT2D eigenvalue weighted by Gasteiger charge is -2.25. The molecule has 0 saturated carbocycles. The molecule has 1 amide bonds. The van der Waals surface area contributed by atoms with Crippen LogP contribution in [0.5, 0.6) is 5.75 Å². The summed E-state index contributed by atoms with van der Waals surface area (Å²) in [6, 6.07) is 5.15. The summed E-state index contributed by atoms with van der Waals surface area (Å²) in [4.78, 5) is 42.1. The molecule has 1 heterocycles. The van der Waals surface area contributed by atoms with Gasteiger partial charge in [-0.2, -0.15) is 0 Å². The largest absolute Gasteiger partial charge is 0.496 e. The highest BCUT2D eigenvalue weighted by molar-refractivity contribution is 6.07. The van der Waals surface area contributed by atoms with E-state index >= 15 is 0 Å². The number of nitrogen functional groups attached to an aromatic ring is 1. The molecule has 1 aromatic heterocycles. The molecule has 0 saturated heterocycles. The van der Waals surface area contributed by atoms with Gasteiger partial charge in [0.15, 0.2) is 5.69 Å². The van der Waals surface area contributed by atoms with E-state index in [0.29, 0.717) is 30.8 Å². The van der Waals surface area contributed by atoms with Gasteiger partial charge in [0.05, 0.1) is 7.11 Å². The van der Waals surface area contributed by atoms with E-state index in [2.05, 4.69) is 11.9 Å². The van der Waals surface area contributed by atoms with Crippen LogP contribution in [0.25, 0.3) is 0 Å². The van der Waals surface area contributed by atoms with E-state index in [1.165, 1.54) is 9.47 Å². The highest BCUT2D eigenvalue weighted by atomic mass is 16.5. The first-order valence-corrected chi connectivity index (χ1v) is 10.4. The van der Waals surface area contributed by atoms with E-state index in [1.54, 1.807) is 25.3 Å². The third-order valence-corrected chi connectivity index (χ3v) is 5.10. The minimum atomic E-state index is -0.658. The number of nitrogens with two attached hydrogens (primary N) is 1. The van der Waals surface area contributed by atoms with E-state index in [0.717, 1.165) is 31.2 Å². The summed E-state index contributed by atoms with van der Waals surface area (Å²) in [7, 11) is 1.54. The van der Waals surface area contributed by atoms with Crippen molar-refractivity contribution in [3.63, 3.8) is 0 Å². The number of anilines is 2. The molecule has 2 aromatic rings. The standard InChI is InChI=1S/C22H32N4O4/c1-5-7-9-13-25(21(28)16-11-10-15(3)17(14-16)30-4)18-19(23)26(12-8-6-2)22(29)24-20(18)27/h10-11,14H,5-9,12-13,23H2,1-4H3,(H,24,27,29). The predicted octanol–water partition coefficient (Wildman–Crippen LogP) is 3.07. The van der Waals surface area contributed by atoms with Crippen LogP contribution >= 0.6 is 0 Å². The van der Waals surface area contributed by atoms with Crippen molar-refractivity contribution in [1.82, 2.24) is 9.55 Å². The van der Waals surface area contributed by atoms with E-state index in [9.17, 15) is 14.4 Å². The number of nitrogens with one attached hydrogen (secondary N) is 1. The second kappa shape index (κ2) is 10.7. The molecule has 2 rings (SSSR count). The van der Waals surface area contributed by atoms with Gasteiger partial charge >= 0.3 is 5.69 Å². The number of hydrogen-bond donors (Lipinski definition) is 2.